The van der Waals surface area contributed by atoms with E-state index in [4.69, 9.17) is 35.4 Å². The standard InChI is InChI=1S/C23H19Cl2N5S2/c24-15-3-6-17(7-4-15)32-22-20(2-1-10-28-22)30-23(31)29-13-12-27-19-9-11-26-21-14-16(25)5-8-18(19)21/h1-11,14H,12-13H2,(H,26,27)(H2,29,30,31). The van der Waals surface area contributed by atoms with Crippen LogP contribution in [0.15, 0.2) is 83.0 Å². The van der Waals surface area contributed by atoms with Crippen LogP contribution < -0.4 is 16.0 Å². The van der Waals surface area contributed by atoms with Crippen LogP contribution in [-0.2, 0) is 0 Å². The predicted molar refractivity (Wildman–Crippen MR) is 139 cm³/mol. The van der Waals surface area contributed by atoms with E-state index in [1.54, 1.807) is 24.2 Å². The van der Waals surface area contributed by atoms with Gasteiger partial charge in [-0.1, -0.05) is 35.0 Å². The number of benzene rings is 2. The van der Waals surface area contributed by atoms with Crippen LogP contribution in [0.4, 0.5) is 11.4 Å². The van der Waals surface area contributed by atoms with Crippen molar-refractivity contribution < 1.29 is 0 Å². The fourth-order valence-electron chi connectivity index (χ4n) is 3.00. The Kier molecular flexibility index (Phi) is 7.65. The van der Waals surface area contributed by atoms with Crippen molar-refractivity contribution in [3.63, 3.8) is 0 Å². The molecule has 9 heteroatoms. The zero-order valence-electron chi connectivity index (χ0n) is 16.8. The molecule has 2 aromatic carbocycles. The largest absolute Gasteiger partial charge is 0.383 e. The molecule has 3 N–H and O–H groups in total. The minimum atomic E-state index is 0.532. The van der Waals surface area contributed by atoms with Gasteiger partial charge in [-0.15, -0.1) is 0 Å². The van der Waals surface area contributed by atoms with E-state index in [2.05, 4.69) is 25.9 Å². The zero-order chi connectivity index (χ0) is 22.3. The lowest BCUT2D eigenvalue weighted by molar-refractivity contribution is 0.915. The molecule has 162 valence electrons. The second kappa shape index (κ2) is 10.8. The molecule has 32 heavy (non-hydrogen) atoms. The topological polar surface area (TPSA) is 61.9 Å². The number of anilines is 2. The highest BCUT2D eigenvalue weighted by Crippen LogP contribution is 2.32. The Morgan fingerprint density at radius 2 is 1.69 bits per heavy atom. The zero-order valence-corrected chi connectivity index (χ0v) is 20.0. The monoisotopic (exact) mass is 499 g/mol. The molecule has 5 nitrogen and oxygen atoms in total. The summed E-state index contributed by atoms with van der Waals surface area (Å²) in [6, 6.07) is 19.1. The molecule has 0 saturated heterocycles. The smallest absolute Gasteiger partial charge is 0.170 e. The summed E-state index contributed by atoms with van der Waals surface area (Å²) in [6.07, 6.45) is 3.53. The Labute approximate surface area is 205 Å². The van der Waals surface area contributed by atoms with Crippen LogP contribution in [0, 0.1) is 0 Å². The summed E-state index contributed by atoms with van der Waals surface area (Å²) in [6.45, 7) is 1.33. The maximum Gasteiger partial charge on any atom is 0.170 e. The van der Waals surface area contributed by atoms with Crippen LogP contribution in [0.2, 0.25) is 10.0 Å². The van der Waals surface area contributed by atoms with E-state index < -0.39 is 0 Å². The number of fused-ring (bicyclic) bond motifs is 1. The summed E-state index contributed by atoms with van der Waals surface area (Å²) in [7, 11) is 0. The van der Waals surface area contributed by atoms with Gasteiger partial charge in [-0.25, -0.2) is 4.98 Å². The third-order valence-electron chi connectivity index (χ3n) is 4.48. The lowest BCUT2D eigenvalue weighted by Gasteiger charge is -2.14. The summed E-state index contributed by atoms with van der Waals surface area (Å²) in [5.74, 6) is 0. The molecule has 0 aliphatic carbocycles. The molecule has 0 radical (unpaired) electrons. The summed E-state index contributed by atoms with van der Waals surface area (Å²) in [5, 5.41) is 13.6. The first-order chi connectivity index (χ1) is 15.6. The Morgan fingerprint density at radius 3 is 2.53 bits per heavy atom. The van der Waals surface area contributed by atoms with E-state index in [0.29, 0.717) is 28.2 Å². The third-order valence-corrected chi connectivity index (χ3v) is 6.24. The fraction of sp³-hybridized carbons (Fsp3) is 0.0870. The van der Waals surface area contributed by atoms with Gasteiger partial charge in [-0.2, -0.15) is 0 Å². The van der Waals surface area contributed by atoms with Gasteiger partial charge >= 0.3 is 0 Å². The molecular weight excluding hydrogens is 481 g/mol. The van der Waals surface area contributed by atoms with Gasteiger partial charge < -0.3 is 16.0 Å². The predicted octanol–water partition coefficient (Wildman–Crippen LogP) is 6.49. The Balaban J connectivity index is 1.31. The minimum Gasteiger partial charge on any atom is -0.383 e. The van der Waals surface area contributed by atoms with Gasteiger partial charge in [0, 0.05) is 51.5 Å². The number of hydrogen-bond donors (Lipinski definition) is 3. The summed E-state index contributed by atoms with van der Waals surface area (Å²) in [4.78, 5) is 9.88. The first-order valence-corrected chi connectivity index (χ1v) is 11.8. The highest BCUT2D eigenvalue weighted by molar-refractivity contribution is 7.99. The quantitative estimate of drug-likeness (QED) is 0.198. The molecule has 0 aliphatic rings. The molecule has 0 aliphatic heterocycles. The molecule has 0 amide bonds. The van der Waals surface area contributed by atoms with Crippen molar-refractivity contribution >= 4 is 74.6 Å². The number of rotatable bonds is 7. The summed E-state index contributed by atoms with van der Waals surface area (Å²) < 4.78 is 0. The number of pyridine rings is 2. The molecule has 0 bridgehead atoms. The second-order valence-corrected chi connectivity index (χ2v) is 9.08. The molecule has 0 unspecified atom stereocenters. The molecule has 0 saturated carbocycles. The van der Waals surface area contributed by atoms with Crippen molar-refractivity contribution in [2.45, 2.75) is 9.92 Å². The Hall–Kier alpha value is -2.58. The average Bonchev–Trinajstić information content (AvgIpc) is 2.79. The lowest BCUT2D eigenvalue weighted by atomic mass is 10.2. The highest BCUT2D eigenvalue weighted by Gasteiger charge is 2.08. The molecular formula is C23H19Cl2N5S2. The van der Waals surface area contributed by atoms with Gasteiger partial charge in [0.25, 0.3) is 0 Å². The van der Waals surface area contributed by atoms with Crippen molar-refractivity contribution in [3.8, 4) is 0 Å². The van der Waals surface area contributed by atoms with E-state index in [1.807, 2.05) is 60.7 Å². The van der Waals surface area contributed by atoms with E-state index in [0.717, 1.165) is 32.2 Å². The molecule has 0 spiro atoms. The second-order valence-electron chi connectivity index (χ2n) is 6.74. The maximum atomic E-state index is 6.06. The van der Waals surface area contributed by atoms with Gasteiger partial charge in [-0.05, 0) is 72.9 Å². The van der Waals surface area contributed by atoms with E-state index >= 15 is 0 Å². The number of nitrogens with zero attached hydrogens (tertiary/aromatic N) is 2. The SMILES string of the molecule is S=C(NCCNc1ccnc2cc(Cl)ccc12)Nc1cccnc1Sc1ccc(Cl)cc1. The molecule has 0 atom stereocenters. The normalized spacial score (nSPS) is 10.7. The summed E-state index contributed by atoms with van der Waals surface area (Å²) >= 11 is 19.0. The Bertz CT molecular complexity index is 1230. The van der Waals surface area contributed by atoms with Crippen LogP contribution in [0.1, 0.15) is 0 Å². The van der Waals surface area contributed by atoms with Crippen molar-refractivity contribution in [1.82, 2.24) is 15.3 Å². The number of hydrogen-bond acceptors (Lipinski definition) is 5. The number of halogens is 2. The first kappa shape index (κ1) is 22.6. The van der Waals surface area contributed by atoms with Gasteiger partial charge in [0.15, 0.2) is 5.11 Å². The summed E-state index contributed by atoms with van der Waals surface area (Å²) in [5.41, 5.74) is 2.70. The number of thiocarbonyl (C=S) groups is 1. The minimum absolute atomic E-state index is 0.532. The molecule has 0 fully saturated rings. The molecule has 2 aromatic heterocycles. The number of aromatic nitrogens is 2. The van der Waals surface area contributed by atoms with Gasteiger partial charge in [-0.3, -0.25) is 4.98 Å². The lowest BCUT2D eigenvalue weighted by Crippen LogP contribution is -2.32. The molecule has 2 heterocycles. The Morgan fingerprint density at radius 1 is 0.875 bits per heavy atom. The maximum absolute atomic E-state index is 6.06. The number of nitrogens with one attached hydrogen (secondary N) is 3. The molecule has 4 aromatic rings. The third kappa shape index (κ3) is 6.01. The van der Waals surface area contributed by atoms with Crippen molar-refractivity contribution in [1.29, 1.82) is 0 Å². The van der Waals surface area contributed by atoms with Crippen LogP contribution in [0.25, 0.3) is 10.9 Å². The van der Waals surface area contributed by atoms with Gasteiger partial charge in [0.1, 0.15) is 5.03 Å². The van der Waals surface area contributed by atoms with Crippen molar-refractivity contribution in [2.24, 2.45) is 0 Å². The first-order valence-electron chi connectivity index (χ1n) is 9.80. The van der Waals surface area contributed by atoms with Crippen LogP contribution in [0.5, 0.6) is 0 Å². The average molecular weight is 500 g/mol. The van der Waals surface area contributed by atoms with Crippen molar-refractivity contribution in [3.05, 3.63) is 83.1 Å². The van der Waals surface area contributed by atoms with Crippen molar-refractivity contribution in [2.75, 3.05) is 23.7 Å². The van der Waals surface area contributed by atoms with E-state index in [1.165, 1.54) is 0 Å². The van der Waals surface area contributed by atoms with Crippen LogP contribution in [0.3, 0.4) is 0 Å². The van der Waals surface area contributed by atoms with Gasteiger partial charge in [0.05, 0.1) is 11.2 Å². The van der Waals surface area contributed by atoms with E-state index in [-0.39, 0.29) is 0 Å². The van der Waals surface area contributed by atoms with E-state index in [9.17, 15) is 0 Å². The van der Waals surface area contributed by atoms with Crippen LogP contribution >= 0.6 is 47.2 Å². The van der Waals surface area contributed by atoms with Gasteiger partial charge in [0.2, 0.25) is 0 Å². The fourth-order valence-corrected chi connectivity index (χ4v) is 4.34. The highest BCUT2D eigenvalue weighted by atomic mass is 35.5. The van der Waals surface area contributed by atoms with Crippen LogP contribution in [-0.4, -0.2) is 28.2 Å². The molecule has 4 rings (SSSR count).